The summed E-state index contributed by atoms with van der Waals surface area (Å²) in [4.78, 5) is 16.2. The number of nitrogens with one attached hydrogen (secondary N) is 1. The fraction of sp³-hybridized carbons (Fsp3) is 0.211. The summed E-state index contributed by atoms with van der Waals surface area (Å²) in [6, 6.07) is 11.5. The first kappa shape index (κ1) is 15.3. The van der Waals surface area contributed by atoms with Crippen LogP contribution in [0.2, 0.25) is 0 Å². The molecule has 1 fully saturated rings. The third-order valence-corrected chi connectivity index (χ3v) is 4.43. The lowest BCUT2D eigenvalue weighted by molar-refractivity contribution is -0.117. The summed E-state index contributed by atoms with van der Waals surface area (Å²) in [5.41, 5.74) is 4.27. The molecule has 0 radical (unpaired) electrons. The van der Waals surface area contributed by atoms with Crippen LogP contribution in [0.4, 0.5) is 10.2 Å². The molecule has 1 saturated carbocycles. The number of nitriles is 1. The standard InChI is InChI=1S/C19H15FN4O/c1-11-2-3-12(8-21)6-14(11)13-4-5-18-22-17(10-24(18)9-13)23-19(25)15-7-16(15)20/h2-6,9-10,15-16H,7H2,1H3,(H,23,25). The molecule has 5 nitrogen and oxygen atoms in total. The number of rotatable bonds is 3. The lowest BCUT2D eigenvalue weighted by Crippen LogP contribution is -2.15. The Morgan fingerprint density at radius 1 is 1.36 bits per heavy atom. The molecule has 0 saturated heterocycles. The number of amides is 1. The van der Waals surface area contributed by atoms with Gasteiger partial charge < -0.3 is 9.72 Å². The highest BCUT2D eigenvalue weighted by Crippen LogP contribution is 2.34. The molecular weight excluding hydrogens is 319 g/mol. The molecule has 124 valence electrons. The van der Waals surface area contributed by atoms with Crippen molar-refractivity contribution in [3.05, 3.63) is 53.9 Å². The largest absolute Gasteiger partial charge is 0.309 e. The number of hydrogen-bond donors (Lipinski definition) is 1. The third-order valence-electron chi connectivity index (χ3n) is 4.43. The Morgan fingerprint density at radius 3 is 2.88 bits per heavy atom. The van der Waals surface area contributed by atoms with Crippen LogP contribution in [-0.2, 0) is 4.79 Å². The van der Waals surface area contributed by atoms with E-state index in [0.29, 0.717) is 17.0 Å². The molecule has 4 rings (SSSR count). The molecule has 2 heterocycles. The molecule has 3 aromatic rings. The Bertz CT molecular complexity index is 1030. The average Bonchev–Trinajstić information content (AvgIpc) is 3.20. The summed E-state index contributed by atoms with van der Waals surface area (Å²) >= 11 is 0. The van der Waals surface area contributed by atoms with Crippen molar-refractivity contribution in [3.63, 3.8) is 0 Å². The molecule has 1 amide bonds. The van der Waals surface area contributed by atoms with Gasteiger partial charge in [-0.2, -0.15) is 5.26 Å². The Balaban J connectivity index is 1.67. The molecule has 0 bridgehead atoms. The molecule has 1 aliphatic rings. The summed E-state index contributed by atoms with van der Waals surface area (Å²) in [5.74, 6) is -0.464. The smallest absolute Gasteiger partial charge is 0.231 e. The van der Waals surface area contributed by atoms with E-state index in [2.05, 4.69) is 16.4 Å². The van der Waals surface area contributed by atoms with Crippen LogP contribution in [0.15, 0.2) is 42.7 Å². The average molecular weight is 334 g/mol. The molecule has 0 aliphatic heterocycles. The van der Waals surface area contributed by atoms with Crippen molar-refractivity contribution in [2.75, 3.05) is 5.32 Å². The first-order chi connectivity index (χ1) is 12.0. The molecule has 2 unspecified atom stereocenters. The van der Waals surface area contributed by atoms with E-state index in [1.165, 1.54) is 0 Å². The maximum Gasteiger partial charge on any atom is 0.231 e. The molecule has 2 atom stereocenters. The number of hydrogen-bond acceptors (Lipinski definition) is 3. The lowest BCUT2D eigenvalue weighted by atomic mass is 10.00. The van der Waals surface area contributed by atoms with Gasteiger partial charge in [-0.3, -0.25) is 4.79 Å². The first-order valence-corrected chi connectivity index (χ1v) is 8.00. The van der Waals surface area contributed by atoms with E-state index in [9.17, 15) is 9.18 Å². The predicted octanol–water partition coefficient (Wildman–Crippen LogP) is 3.48. The number of fused-ring (bicyclic) bond motifs is 1. The van der Waals surface area contributed by atoms with Gasteiger partial charge in [0.1, 0.15) is 11.8 Å². The Hall–Kier alpha value is -3.20. The van der Waals surface area contributed by atoms with Crippen LogP contribution in [0.1, 0.15) is 17.5 Å². The van der Waals surface area contributed by atoms with Gasteiger partial charge in [-0.15, -0.1) is 0 Å². The van der Waals surface area contributed by atoms with Gasteiger partial charge in [0.15, 0.2) is 5.82 Å². The SMILES string of the molecule is Cc1ccc(C#N)cc1-c1ccc2nc(NC(=O)C3CC3F)cn2c1. The molecule has 25 heavy (non-hydrogen) atoms. The lowest BCUT2D eigenvalue weighted by Gasteiger charge is -2.07. The van der Waals surface area contributed by atoms with E-state index in [1.807, 2.05) is 41.8 Å². The number of aryl methyl sites for hydroxylation is 1. The van der Waals surface area contributed by atoms with E-state index >= 15 is 0 Å². The third kappa shape index (κ3) is 2.85. The number of anilines is 1. The number of alkyl halides is 1. The zero-order chi connectivity index (χ0) is 17.6. The van der Waals surface area contributed by atoms with E-state index < -0.39 is 12.1 Å². The van der Waals surface area contributed by atoms with Gasteiger partial charge in [-0.1, -0.05) is 6.07 Å². The van der Waals surface area contributed by atoms with Gasteiger partial charge in [0.25, 0.3) is 0 Å². The zero-order valence-electron chi connectivity index (χ0n) is 13.5. The van der Waals surface area contributed by atoms with Crippen molar-refractivity contribution in [1.82, 2.24) is 9.38 Å². The Morgan fingerprint density at radius 2 is 2.16 bits per heavy atom. The van der Waals surface area contributed by atoms with Crippen molar-refractivity contribution < 1.29 is 9.18 Å². The quantitative estimate of drug-likeness (QED) is 0.797. The van der Waals surface area contributed by atoms with Crippen LogP contribution in [0.3, 0.4) is 0 Å². The maximum absolute atomic E-state index is 13.0. The maximum atomic E-state index is 13.0. The monoisotopic (exact) mass is 334 g/mol. The van der Waals surface area contributed by atoms with Crippen molar-refractivity contribution in [1.29, 1.82) is 5.26 Å². The minimum Gasteiger partial charge on any atom is -0.309 e. The summed E-state index contributed by atoms with van der Waals surface area (Å²) in [5, 5.41) is 11.8. The normalized spacial score (nSPS) is 18.8. The van der Waals surface area contributed by atoms with E-state index in [1.54, 1.807) is 12.3 Å². The van der Waals surface area contributed by atoms with Gasteiger partial charge >= 0.3 is 0 Å². The minimum atomic E-state index is -1.03. The molecule has 1 aliphatic carbocycles. The fourth-order valence-corrected chi connectivity index (χ4v) is 2.87. The summed E-state index contributed by atoms with van der Waals surface area (Å²) < 4.78 is 14.8. The number of nitrogens with zero attached hydrogens (tertiary/aromatic N) is 3. The number of carbonyl (C=O) groups excluding carboxylic acids is 1. The van der Waals surface area contributed by atoms with Crippen molar-refractivity contribution in [2.24, 2.45) is 5.92 Å². The second-order valence-corrected chi connectivity index (χ2v) is 6.30. The topological polar surface area (TPSA) is 70.2 Å². The zero-order valence-corrected chi connectivity index (χ0v) is 13.5. The highest BCUT2D eigenvalue weighted by Gasteiger charge is 2.43. The van der Waals surface area contributed by atoms with Crippen LogP contribution in [-0.4, -0.2) is 21.5 Å². The number of aromatic nitrogens is 2. The first-order valence-electron chi connectivity index (χ1n) is 8.00. The van der Waals surface area contributed by atoms with Gasteiger partial charge in [0.2, 0.25) is 5.91 Å². The number of imidazole rings is 1. The molecule has 1 N–H and O–H groups in total. The van der Waals surface area contributed by atoms with Crippen LogP contribution < -0.4 is 5.32 Å². The number of halogens is 1. The second kappa shape index (κ2) is 5.71. The highest BCUT2D eigenvalue weighted by molar-refractivity contribution is 5.94. The Labute approximate surface area is 143 Å². The fourth-order valence-electron chi connectivity index (χ4n) is 2.87. The molecule has 2 aromatic heterocycles. The van der Waals surface area contributed by atoms with Gasteiger partial charge in [0.05, 0.1) is 23.7 Å². The number of pyridine rings is 1. The van der Waals surface area contributed by atoms with Crippen LogP contribution in [0, 0.1) is 24.2 Å². The summed E-state index contributed by atoms with van der Waals surface area (Å²) in [7, 11) is 0. The number of benzene rings is 1. The van der Waals surface area contributed by atoms with Crippen LogP contribution in [0.5, 0.6) is 0 Å². The van der Waals surface area contributed by atoms with Gasteiger partial charge in [-0.25, -0.2) is 9.37 Å². The summed E-state index contributed by atoms with van der Waals surface area (Å²) in [6.45, 7) is 1.99. The van der Waals surface area contributed by atoms with Gasteiger partial charge in [-0.05, 0) is 54.3 Å². The molecule has 6 heteroatoms. The molecular formula is C19H15FN4O. The van der Waals surface area contributed by atoms with E-state index in [-0.39, 0.29) is 12.3 Å². The van der Waals surface area contributed by atoms with Crippen molar-refractivity contribution in [3.8, 4) is 17.2 Å². The van der Waals surface area contributed by atoms with Crippen LogP contribution in [0.25, 0.3) is 16.8 Å². The van der Waals surface area contributed by atoms with Crippen molar-refractivity contribution >= 4 is 17.4 Å². The minimum absolute atomic E-state index is 0.290. The van der Waals surface area contributed by atoms with Crippen LogP contribution >= 0.6 is 0 Å². The Kier molecular flexibility index (Phi) is 3.50. The van der Waals surface area contributed by atoms with Gasteiger partial charge in [0, 0.05) is 6.20 Å². The van der Waals surface area contributed by atoms with Crippen molar-refractivity contribution in [2.45, 2.75) is 19.5 Å². The summed E-state index contributed by atoms with van der Waals surface area (Å²) in [6.07, 6.45) is 2.86. The number of carbonyl (C=O) groups is 1. The van der Waals surface area contributed by atoms with E-state index in [4.69, 9.17) is 5.26 Å². The second-order valence-electron chi connectivity index (χ2n) is 6.30. The highest BCUT2D eigenvalue weighted by atomic mass is 19.1. The molecule has 0 spiro atoms. The van der Waals surface area contributed by atoms with E-state index in [0.717, 1.165) is 16.7 Å². The molecule has 1 aromatic carbocycles. The predicted molar refractivity (Wildman–Crippen MR) is 91.7 cm³/mol.